The van der Waals surface area contributed by atoms with E-state index in [0.29, 0.717) is 0 Å². The van der Waals surface area contributed by atoms with Crippen LogP contribution in [0.4, 0.5) is 0 Å². The largest absolute Gasteiger partial charge is 0.295 e. The number of rotatable bonds is 3. The van der Waals surface area contributed by atoms with Crippen LogP contribution in [0.5, 0.6) is 0 Å². The summed E-state index contributed by atoms with van der Waals surface area (Å²) in [6, 6.07) is 10.7. The summed E-state index contributed by atoms with van der Waals surface area (Å²) in [7, 11) is 0. The van der Waals surface area contributed by atoms with E-state index in [2.05, 4.69) is 48.2 Å². The van der Waals surface area contributed by atoms with Gasteiger partial charge >= 0.3 is 0 Å². The molecule has 1 nitrogen and oxygen atoms in total. The molecule has 1 aromatic carbocycles. The van der Waals surface area contributed by atoms with Gasteiger partial charge in [-0.3, -0.25) is 4.90 Å². The molecular formula is C14H19N. The van der Waals surface area contributed by atoms with Crippen molar-refractivity contribution in [3.63, 3.8) is 0 Å². The lowest BCUT2D eigenvalue weighted by Gasteiger charge is -2.26. The smallest absolute Gasteiger partial charge is 0.0237 e. The predicted octanol–water partition coefficient (Wildman–Crippen LogP) is 3.23. The number of nitrogens with zero attached hydrogens (tertiary/aromatic N) is 1. The average Bonchev–Trinajstić information content (AvgIpc) is 2.31. The van der Waals surface area contributed by atoms with Crippen LogP contribution < -0.4 is 0 Å². The second kappa shape index (κ2) is 5.13. The number of hydrogen-bond donors (Lipinski definition) is 0. The fourth-order valence-electron chi connectivity index (χ4n) is 2.11. The van der Waals surface area contributed by atoms with Gasteiger partial charge in [-0.05, 0) is 18.4 Å². The molecule has 1 aromatic rings. The zero-order valence-electron chi connectivity index (χ0n) is 9.45. The van der Waals surface area contributed by atoms with Crippen molar-refractivity contribution in [2.75, 3.05) is 13.1 Å². The second-order valence-corrected chi connectivity index (χ2v) is 4.20. The molecule has 0 aliphatic carbocycles. The molecule has 1 aliphatic rings. The molecule has 1 aliphatic heterocycles. The minimum atomic E-state index is 1.10. The monoisotopic (exact) mass is 201 g/mol. The van der Waals surface area contributed by atoms with E-state index in [9.17, 15) is 0 Å². The molecule has 1 heteroatoms. The van der Waals surface area contributed by atoms with Gasteiger partial charge in [0.25, 0.3) is 0 Å². The van der Waals surface area contributed by atoms with Crippen molar-refractivity contribution in [2.45, 2.75) is 26.3 Å². The van der Waals surface area contributed by atoms with E-state index in [1.54, 1.807) is 5.57 Å². The summed E-state index contributed by atoms with van der Waals surface area (Å²) in [5.41, 5.74) is 3.02. The summed E-state index contributed by atoms with van der Waals surface area (Å²) < 4.78 is 0. The van der Waals surface area contributed by atoms with E-state index < -0.39 is 0 Å². The molecule has 1 heterocycles. The summed E-state index contributed by atoms with van der Waals surface area (Å²) in [4.78, 5) is 2.54. The third-order valence-electron chi connectivity index (χ3n) is 3.01. The topological polar surface area (TPSA) is 3.24 Å². The van der Waals surface area contributed by atoms with Crippen LogP contribution in [-0.2, 0) is 6.54 Å². The van der Waals surface area contributed by atoms with Crippen molar-refractivity contribution >= 4 is 0 Å². The summed E-state index contributed by atoms with van der Waals surface area (Å²) in [5, 5.41) is 0. The number of hydrogen-bond acceptors (Lipinski definition) is 1. The van der Waals surface area contributed by atoms with Crippen molar-refractivity contribution in [3.8, 4) is 0 Å². The molecule has 0 unspecified atom stereocenters. The van der Waals surface area contributed by atoms with E-state index in [1.165, 1.54) is 24.9 Å². The van der Waals surface area contributed by atoms with Crippen LogP contribution in [0.1, 0.15) is 25.3 Å². The van der Waals surface area contributed by atoms with Crippen LogP contribution in [0, 0.1) is 0 Å². The zero-order chi connectivity index (χ0) is 10.5. The first kappa shape index (κ1) is 10.4. The third kappa shape index (κ3) is 2.93. The van der Waals surface area contributed by atoms with Gasteiger partial charge in [0.2, 0.25) is 0 Å². The van der Waals surface area contributed by atoms with Crippen LogP contribution in [0.25, 0.3) is 0 Å². The highest BCUT2D eigenvalue weighted by Gasteiger charge is 2.11. The Morgan fingerprint density at radius 3 is 2.73 bits per heavy atom. The minimum absolute atomic E-state index is 1.10. The van der Waals surface area contributed by atoms with Gasteiger partial charge in [0, 0.05) is 19.6 Å². The molecule has 2 rings (SSSR count). The highest BCUT2D eigenvalue weighted by molar-refractivity contribution is 5.16. The molecule has 0 atom stereocenters. The Morgan fingerprint density at radius 1 is 1.20 bits per heavy atom. The Kier molecular flexibility index (Phi) is 3.57. The van der Waals surface area contributed by atoms with Crippen molar-refractivity contribution in [1.82, 2.24) is 4.90 Å². The first-order valence-corrected chi connectivity index (χ1v) is 5.82. The standard InChI is InChI=1S/C14H19N/c1-2-13-9-6-10-15(11-13)12-14-7-4-3-5-8-14/h3-5,7-9H,2,6,10-12H2,1H3. The third-order valence-corrected chi connectivity index (χ3v) is 3.01. The molecule has 0 spiro atoms. The van der Waals surface area contributed by atoms with Crippen LogP contribution in [-0.4, -0.2) is 18.0 Å². The molecule has 0 bridgehead atoms. The van der Waals surface area contributed by atoms with Crippen molar-refractivity contribution in [1.29, 1.82) is 0 Å². The first-order valence-electron chi connectivity index (χ1n) is 5.82. The Labute approximate surface area is 92.4 Å². The van der Waals surface area contributed by atoms with Crippen LogP contribution in [0.3, 0.4) is 0 Å². The van der Waals surface area contributed by atoms with Gasteiger partial charge in [0.1, 0.15) is 0 Å². The molecule has 0 radical (unpaired) electrons. The maximum absolute atomic E-state index is 2.54. The van der Waals surface area contributed by atoms with E-state index in [1.807, 2.05) is 0 Å². The predicted molar refractivity (Wildman–Crippen MR) is 64.7 cm³/mol. The van der Waals surface area contributed by atoms with Gasteiger partial charge in [0.05, 0.1) is 0 Å². The summed E-state index contributed by atoms with van der Waals surface area (Å²) in [6.45, 7) is 5.71. The average molecular weight is 201 g/mol. The Bertz CT molecular complexity index is 326. The second-order valence-electron chi connectivity index (χ2n) is 4.20. The number of benzene rings is 1. The normalized spacial score (nSPS) is 17.5. The van der Waals surface area contributed by atoms with E-state index in [4.69, 9.17) is 0 Å². The molecule has 0 amide bonds. The summed E-state index contributed by atoms with van der Waals surface area (Å²) >= 11 is 0. The summed E-state index contributed by atoms with van der Waals surface area (Å²) in [5.74, 6) is 0. The van der Waals surface area contributed by atoms with E-state index in [-0.39, 0.29) is 0 Å². The molecule has 0 saturated carbocycles. The molecule has 80 valence electrons. The van der Waals surface area contributed by atoms with Gasteiger partial charge in [-0.15, -0.1) is 0 Å². The maximum Gasteiger partial charge on any atom is 0.0237 e. The molecule has 0 aromatic heterocycles. The van der Waals surface area contributed by atoms with Crippen molar-refractivity contribution < 1.29 is 0 Å². The van der Waals surface area contributed by atoms with Gasteiger partial charge < -0.3 is 0 Å². The Morgan fingerprint density at radius 2 is 2.00 bits per heavy atom. The van der Waals surface area contributed by atoms with E-state index >= 15 is 0 Å². The highest BCUT2D eigenvalue weighted by atomic mass is 15.1. The Hall–Kier alpha value is -1.08. The quantitative estimate of drug-likeness (QED) is 0.679. The highest BCUT2D eigenvalue weighted by Crippen LogP contribution is 2.15. The minimum Gasteiger partial charge on any atom is -0.295 e. The van der Waals surface area contributed by atoms with Gasteiger partial charge in [-0.1, -0.05) is 48.9 Å². The van der Waals surface area contributed by atoms with Crippen LogP contribution >= 0.6 is 0 Å². The molecule has 0 fully saturated rings. The lowest BCUT2D eigenvalue weighted by atomic mass is 10.1. The molecule has 15 heavy (non-hydrogen) atoms. The molecule has 0 N–H and O–H groups in total. The molecular weight excluding hydrogens is 182 g/mol. The first-order chi connectivity index (χ1) is 7.38. The fraction of sp³-hybridized carbons (Fsp3) is 0.429. The van der Waals surface area contributed by atoms with Gasteiger partial charge in [-0.25, -0.2) is 0 Å². The van der Waals surface area contributed by atoms with E-state index in [0.717, 1.165) is 13.1 Å². The lowest BCUT2D eigenvalue weighted by molar-refractivity contribution is 0.279. The maximum atomic E-state index is 2.54. The van der Waals surface area contributed by atoms with Gasteiger partial charge in [0.15, 0.2) is 0 Å². The lowest BCUT2D eigenvalue weighted by Crippen LogP contribution is -2.29. The fourth-order valence-corrected chi connectivity index (χ4v) is 2.11. The van der Waals surface area contributed by atoms with Gasteiger partial charge in [-0.2, -0.15) is 0 Å². The van der Waals surface area contributed by atoms with Crippen LogP contribution in [0.2, 0.25) is 0 Å². The zero-order valence-corrected chi connectivity index (χ0v) is 9.45. The van der Waals surface area contributed by atoms with Crippen molar-refractivity contribution in [3.05, 3.63) is 47.5 Å². The molecule has 0 saturated heterocycles. The Balaban J connectivity index is 1.94. The van der Waals surface area contributed by atoms with Crippen molar-refractivity contribution in [2.24, 2.45) is 0 Å². The van der Waals surface area contributed by atoms with Crippen LogP contribution in [0.15, 0.2) is 42.0 Å². The summed E-state index contributed by atoms with van der Waals surface area (Å²) in [6.07, 6.45) is 4.82. The SMILES string of the molecule is CCC1=CCCN(Cc2ccccc2)C1.